The summed E-state index contributed by atoms with van der Waals surface area (Å²) in [5.74, 6) is 2.55. The highest BCUT2D eigenvalue weighted by Gasteiger charge is 2.37. The van der Waals surface area contributed by atoms with Crippen LogP contribution in [0.15, 0.2) is 24.4 Å². The fraction of sp³-hybridized carbons (Fsp3) is 0.556. The topological polar surface area (TPSA) is 91.9 Å². The van der Waals surface area contributed by atoms with E-state index in [4.69, 9.17) is 33.6 Å². The number of nitrogens with zero attached hydrogens (tertiary/aromatic N) is 5. The molecule has 9 heteroatoms. The number of piperidine rings is 1. The zero-order valence-electron chi connectivity index (χ0n) is 21.9. The lowest BCUT2D eigenvalue weighted by atomic mass is 9.80. The van der Waals surface area contributed by atoms with Crippen LogP contribution in [-0.4, -0.2) is 52.8 Å². The van der Waals surface area contributed by atoms with Gasteiger partial charge in [0.15, 0.2) is 11.5 Å². The average Bonchev–Trinajstić information content (AvgIpc) is 2.84. The Morgan fingerprint density at radius 2 is 1.89 bits per heavy atom. The zero-order valence-corrected chi connectivity index (χ0v) is 23.4. The molecule has 36 heavy (non-hydrogen) atoms. The van der Waals surface area contributed by atoms with Crippen molar-refractivity contribution in [3.8, 4) is 6.07 Å². The Bertz CT molecular complexity index is 1090. The van der Waals surface area contributed by atoms with Crippen LogP contribution in [0, 0.1) is 28.6 Å². The van der Waals surface area contributed by atoms with Gasteiger partial charge in [-0.15, -0.1) is 0 Å². The molecule has 2 saturated heterocycles. The summed E-state index contributed by atoms with van der Waals surface area (Å²) in [6.07, 6.45) is 4.23. The third kappa shape index (κ3) is 6.47. The number of nitriles is 1. The van der Waals surface area contributed by atoms with Gasteiger partial charge in [0.1, 0.15) is 17.6 Å². The second kappa shape index (κ2) is 12.7. The van der Waals surface area contributed by atoms with Gasteiger partial charge in [0.25, 0.3) is 0 Å². The summed E-state index contributed by atoms with van der Waals surface area (Å²) < 4.78 is 0. The van der Waals surface area contributed by atoms with Crippen LogP contribution in [0.25, 0.3) is 0 Å². The number of anilines is 2. The molecule has 2 aromatic rings. The third-order valence-corrected chi connectivity index (χ3v) is 7.57. The van der Waals surface area contributed by atoms with Crippen molar-refractivity contribution in [2.24, 2.45) is 11.8 Å². The van der Waals surface area contributed by atoms with E-state index in [0.29, 0.717) is 27.8 Å². The van der Waals surface area contributed by atoms with Crippen molar-refractivity contribution in [2.75, 3.05) is 36.4 Å². The van der Waals surface area contributed by atoms with Gasteiger partial charge >= 0.3 is 0 Å². The van der Waals surface area contributed by atoms with E-state index in [2.05, 4.69) is 33.9 Å². The van der Waals surface area contributed by atoms with Crippen LogP contribution in [0.5, 0.6) is 0 Å². The molecule has 2 atom stereocenters. The van der Waals surface area contributed by atoms with E-state index < -0.39 is 0 Å². The van der Waals surface area contributed by atoms with Crippen molar-refractivity contribution < 1.29 is 0 Å². The normalized spacial score (nSPS) is 19.1. The van der Waals surface area contributed by atoms with Crippen LogP contribution in [0.4, 0.5) is 11.6 Å². The Morgan fingerprint density at radius 3 is 2.53 bits per heavy atom. The summed E-state index contributed by atoms with van der Waals surface area (Å²) in [6, 6.07) is 7.60. The lowest BCUT2D eigenvalue weighted by molar-refractivity contribution is 0.0963. The molecule has 1 aromatic heterocycles. The number of hydrogen-bond acceptors (Lipinski definition) is 7. The second-order valence-electron chi connectivity index (χ2n) is 9.60. The second-order valence-corrected chi connectivity index (χ2v) is 10.4. The number of rotatable bonds is 7. The maximum atomic E-state index is 9.29. The van der Waals surface area contributed by atoms with Gasteiger partial charge in [0.05, 0.1) is 12.2 Å². The summed E-state index contributed by atoms with van der Waals surface area (Å²) in [6.45, 7) is 14.8. The van der Waals surface area contributed by atoms with Crippen LogP contribution in [0.2, 0.25) is 10.0 Å². The van der Waals surface area contributed by atoms with Crippen molar-refractivity contribution in [1.29, 1.82) is 10.7 Å². The molecule has 7 nitrogen and oxygen atoms in total. The average molecular weight is 531 g/mol. The molecule has 194 valence electrons. The molecular formula is C27H37Cl2N7. The number of nitrogens with one attached hydrogen (secondary N) is 2. The predicted octanol–water partition coefficient (Wildman–Crippen LogP) is 6.43. The number of benzene rings is 1. The Hall–Kier alpha value is -2.40. The van der Waals surface area contributed by atoms with Gasteiger partial charge in [-0.1, -0.05) is 43.1 Å². The standard InChI is InChI=1S/C25H31Cl2N7.C2H6/c1-15(2)33-8-4-5-17(12-33)18-13-34(14-18)23-11-30-24(22(29)10-28)25(32-23)31-16(3)20-7-6-19(26)9-21(20)27;1-2/h6-7,9,11,15-18,29H,4-5,8,12-14H2,1-3H3,(H,31,32);1-2H3. The fourth-order valence-electron chi connectivity index (χ4n) is 4.90. The molecule has 2 N–H and O–H groups in total. The van der Waals surface area contributed by atoms with Crippen molar-refractivity contribution in [3.63, 3.8) is 0 Å². The molecule has 0 spiro atoms. The summed E-state index contributed by atoms with van der Waals surface area (Å²) in [4.78, 5) is 14.0. The number of likely N-dealkylation sites (tertiary alicyclic amines) is 1. The first kappa shape index (κ1) is 28.2. The summed E-state index contributed by atoms with van der Waals surface area (Å²) in [5.41, 5.74) is 0.859. The Labute approximate surface area is 225 Å². The highest BCUT2D eigenvalue weighted by Crippen LogP contribution is 2.35. The molecular weight excluding hydrogens is 493 g/mol. The summed E-state index contributed by atoms with van der Waals surface area (Å²) >= 11 is 12.4. The van der Waals surface area contributed by atoms with Gasteiger partial charge in [0, 0.05) is 35.7 Å². The quantitative estimate of drug-likeness (QED) is 0.401. The first-order valence-corrected chi connectivity index (χ1v) is 13.6. The van der Waals surface area contributed by atoms with E-state index in [-0.39, 0.29) is 17.4 Å². The molecule has 0 bridgehead atoms. The van der Waals surface area contributed by atoms with Gasteiger partial charge < -0.3 is 15.1 Å². The first-order chi connectivity index (χ1) is 17.3. The van der Waals surface area contributed by atoms with Crippen molar-refractivity contribution in [2.45, 2.75) is 59.5 Å². The minimum Gasteiger partial charge on any atom is -0.362 e. The first-order valence-electron chi connectivity index (χ1n) is 12.8. The maximum Gasteiger partial charge on any atom is 0.161 e. The zero-order chi connectivity index (χ0) is 26.4. The Kier molecular flexibility index (Phi) is 9.95. The Balaban J connectivity index is 0.00000176. The van der Waals surface area contributed by atoms with Gasteiger partial charge in [-0.25, -0.2) is 9.97 Å². The number of aromatic nitrogens is 2. The number of halogens is 2. The van der Waals surface area contributed by atoms with E-state index in [1.807, 2.05) is 32.9 Å². The monoisotopic (exact) mass is 529 g/mol. The van der Waals surface area contributed by atoms with Gasteiger partial charge in [0.2, 0.25) is 0 Å². The van der Waals surface area contributed by atoms with Crippen LogP contribution in [-0.2, 0) is 0 Å². The van der Waals surface area contributed by atoms with Gasteiger partial charge in [-0.3, -0.25) is 5.41 Å². The van der Waals surface area contributed by atoms with E-state index in [1.165, 1.54) is 25.9 Å². The molecule has 3 heterocycles. The fourth-order valence-corrected chi connectivity index (χ4v) is 5.47. The molecule has 0 amide bonds. The molecule has 0 saturated carbocycles. The van der Waals surface area contributed by atoms with Crippen LogP contribution < -0.4 is 10.2 Å². The molecule has 2 fully saturated rings. The maximum absolute atomic E-state index is 9.29. The third-order valence-electron chi connectivity index (χ3n) is 7.01. The molecule has 1 aromatic carbocycles. The van der Waals surface area contributed by atoms with E-state index in [1.54, 1.807) is 18.3 Å². The van der Waals surface area contributed by atoms with Crippen molar-refractivity contribution >= 4 is 40.5 Å². The minimum absolute atomic E-state index is 0.215. The van der Waals surface area contributed by atoms with Crippen molar-refractivity contribution in [1.82, 2.24) is 14.9 Å². The largest absolute Gasteiger partial charge is 0.362 e. The predicted molar refractivity (Wildman–Crippen MR) is 149 cm³/mol. The Morgan fingerprint density at radius 1 is 1.17 bits per heavy atom. The lowest BCUT2D eigenvalue weighted by Crippen LogP contribution is -2.54. The molecule has 2 unspecified atom stereocenters. The van der Waals surface area contributed by atoms with Crippen LogP contribution >= 0.6 is 23.2 Å². The summed E-state index contributed by atoms with van der Waals surface area (Å²) in [5, 5.41) is 21.7. The van der Waals surface area contributed by atoms with E-state index >= 15 is 0 Å². The highest BCUT2D eigenvalue weighted by molar-refractivity contribution is 6.35. The smallest absolute Gasteiger partial charge is 0.161 e. The molecule has 0 aliphatic carbocycles. The molecule has 0 radical (unpaired) electrons. The lowest BCUT2D eigenvalue weighted by Gasteiger charge is -2.47. The summed E-state index contributed by atoms with van der Waals surface area (Å²) in [7, 11) is 0. The van der Waals surface area contributed by atoms with E-state index in [0.717, 1.165) is 30.4 Å². The van der Waals surface area contributed by atoms with Crippen LogP contribution in [0.1, 0.15) is 64.8 Å². The number of hydrogen-bond donors (Lipinski definition) is 2. The highest BCUT2D eigenvalue weighted by atomic mass is 35.5. The SMILES string of the molecule is CC.CC(Nc1nc(N2CC(C3CCCN(C(C)C)C3)C2)cnc1C(=N)C#N)c1ccc(Cl)cc1Cl. The molecule has 4 rings (SSSR count). The minimum atomic E-state index is -0.228. The van der Waals surface area contributed by atoms with Gasteiger partial charge in [-0.05, 0) is 69.7 Å². The van der Waals surface area contributed by atoms with Gasteiger partial charge in [-0.2, -0.15) is 5.26 Å². The molecule has 2 aliphatic heterocycles. The van der Waals surface area contributed by atoms with Crippen molar-refractivity contribution in [3.05, 3.63) is 45.7 Å². The van der Waals surface area contributed by atoms with E-state index in [9.17, 15) is 5.26 Å². The molecule has 2 aliphatic rings. The van der Waals surface area contributed by atoms with Crippen LogP contribution in [0.3, 0.4) is 0 Å².